The zero-order valence-electron chi connectivity index (χ0n) is 13.4. The summed E-state index contributed by atoms with van der Waals surface area (Å²) in [7, 11) is 0. The largest absolute Gasteiger partial charge is 0.377 e. The van der Waals surface area contributed by atoms with E-state index in [2.05, 4.69) is 14.9 Å². The molecule has 1 amide bonds. The van der Waals surface area contributed by atoms with E-state index in [1.807, 2.05) is 11.0 Å². The number of anilines is 1. The van der Waals surface area contributed by atoms with E-state index in [1.54, 1.807) is 12.4 Å². The quantitative estimate of drug-likeness (QED) is 0.824. The SMILES string of the molecule is O=C([C@@H]1CO[C@@H]2CCN(c3ncccn3)C[C@@H]2C1)N1CCCC1. The van der Waals surface area contributed by atoms with Gasteiger partial charge in [0.1, 0.15) is 0 Å². The Morgan fingerprint density at radius 3 is 2.74 bits per heavy atom. The van der Waals surface area contributed by atoms with Gasteiger partial charge in [-0.25, -0.2) is 9.97 Å². The lowest BCUT2D eigenvalue weighted by molar-refractivity contribution is -0.145. The van der Waals surface area contributed by atoms with Crippen LogP contribution in [0.4, 0.5) is 5.95 Å². The highest BCUT2D eigenvalue weighted by molar-refractivity contribution is 5.79. The Morgan fingerprint density at radius 1 is 1.17 bits per heavy atom. The Balaban J connectivity index is 1.41. The van der Waals surface area contributed by atoms with E-state index in [4.69, 9.17) is 4.74 Å². The first-order chi connectivity index (χ1) is 11.3. The maximum absolute atomic E-state index is 12.6. The first kappa shape index (κ1) is 14.9. The van der Waals surface area contributed by atoms with Gasteiger partial charge in [0, 0.05) is 44.5 Å². The van der Waals surface area contributed by atoms with E-state index >= 15 is 0 Å². The minimum atomic E-state index is 0.0333. The van der Waals surface area contributed by atoms with Crippen molar-refractivity contribution in [1.82, 2.24) is 14.9 Å². The summed E-state index contributed by atoms with van der Waals surface area (Å²) in [6.45, 7) is 4.26. The highest BCUT2D eigenvalue weighted by Gasteiger charge is 2.40. The summed E-state index contributed by atoms with van der Waals surface area (Å²) in [5.41, 5.74) is 0. The van der Waals surface area contributed by atoms with Gasteiger partial charge in [-0.2, -0.15) is 0 Å². The van der Waals surface area contributed by atoms with E-state index in [-0.39, 0.29) is 12.0 Å². The van der Waals surface area contributed by atoms with Crippen molar-refractivity contribution < 1.29 is 9.53 Å². The van der Waals surface area contributed by atoms with E-state index < -0.39 is 0 Å². The lowest BCUT2D eigenvalue weighted by atomic mass is 9.83. The lowest BCUT2D eigenvalue weighted by Gasteiger charge is -2.43. The maximum atomic E-state index is 12.6. The topological polar surface area (TPSA) is 58.6 Å². The first-order valence-electron chi connectivity index (χ1n) is 8.73. The predicted octanol–water partition coefficient (Wildman–Crippen LogP) is 1.33. The van der Waals surface area contributed by atoms with Gasteiger partial charge in [-0.15, -0.1) is 0 Å². The standard InChI is InChI=1S/C17H24N4O2/c22-16(20-7-1-2-8-20)14-10-13-11-21(9-4-15(13)23-12-14)17-18-5-3-6-19-17/h3,5-6,13-15H,1-2,4,7-12H2/t13-,14-,15+/m0/s1. The number of hydrogen-bond acceptors (Lipinski definition) is 5. The van der Waals surface area contributed by atoms with Gasteiger partial charge in [-0.05, 0) is 31.7 Å². The molecule has 0 bridgehead atoms. The van der Waals surface area contributed by atoms with Crippen molar-refractivity contribution in [2.24, 2.45) is 11.8 Å². The number of carbonyl (C=O) groups is 1. The van der Waals surface area contributed by atoms with Gasteiger partial charge in [0.2, 0.25) is 11.9 Å². The summed E-state index contributed by atoms with van der Waals surface area (Å²) in [5.74, 6) is 1.52. The zero-order chi connectivity index (χ0) is 15.6. The summed E-state index contributed by atoms with van der Waals surface area (Å²) < 4.78 is 6.04. The van der Waals surface area contributed by atoms with Crippen molar-refractivity contribution >= 4 is 11.9 Å². The zero-order valence-corrected chi connectivity index (χ0v) is 13.4. The summed E-state index contributed by atoms with van der Waals surface area (Å²) in [6.07, 6.45) is 8.07. The van der Waals surface area contributed by atoms with Crippen LogP contribution < -0.4 is 4.90 Å². The summed E-state index contributed by atoms with van der Waals surface area (Å²) >= 11 is 0. The van der Waals surface area contributed by atoms with Gasteiger partial charge < -0.3 is 14.5 Å². The maximum Gasteiger partial charge on any atom is 0.228 e. The predicted molar refractivity (Wildman–Crippen MR) is 86.0 cm³/mol. The smallest absolute Gasteiger partial charge is 0.228 e. The number of ether oxygens (including phenoxy) is 1. The Kier molecular flexibility index (Phi) is 4.16. The minimum absolute atomic E-state index is 0.0333. The molecule has 6 nitrogen and oxygen atoms in total. The normalized spacial score (nSPS) is 31.0. The van der Waals surface area contributed by atoms with Crippen molar-refractivity contribution in [2.45, 2.75) is 31.8 Å². The number of nitrogens with zero attached hydrogens (tertiary/aromatic N) is 4. The third-order valence-corrected chi connectivity index (χ3v) is 5.36. The van der Waals surface area contributed by atoms with Gasteiger partial charge in [-0.3, -0.25) is 4.79 Å². The molecule has 3 aliphatic heterocycles. The number of fused-ring (bicyclic) bond motifs is 1. The molecule has 0 aromatic carbocycles. The van der Waals surface area contributed by atoms with Crippen LogP contribution >= 0.6 is 0 Å². The number of hydrogen-bond donors (Lipinski definition) is 0. The molecule has 0 saturated carbocycles. The Labute approximate surface area is 136 Å². The molecule has 23 heavy (non-hydrogen) atoms. The van der Waals surface area contributed by atoms with E-state index in [0.717, 1.165) is 57.8 Å². The van der Waals surface area contributed by atoms with E-state index in [0.29, 0.717) is 18.4 Å². The van der Waals surface area contributed by atoms with Crippen LogP contribution in [0.3, 0.4) is 0 Å². The molecule has 3 atom stereocenters. The number of carbonyl (C=O) groups excluding carboxylic acids is 1. The average Bonchev–Trinajstić information content (AvgIpc) is 3.15. The second-order valence-electron chi connectivity index (χ2n) is 6.88. The van der Waals surface area contributed by atoms with Gasteiger partial charge in [-0.1, -0.05) is 0 Å². The van der Waals surface area contributed by atoms with E-state index in [1.165, 1.54) is 0 Å². The lowest BCUT2D eigenvalue weighted by Crippen LogP contribution is -2.51. The molecular formula is C17H24N4O2. The number of likely N-dealkylation sites (tertiary alicyclic amines) is 1. The Bertz CT molecular complexity index is 547. The molecule has 124 valence electrons. The van der Waals surface area contributed by atoms with Crippen LogP contribution in [-0.2, 0) is 9.53 Å². The molecule has 3 fully saturated rings. The van der Waals surface area contributed by atoms with Gasteiger partial charge >= 0.3 is 0 Å². The molecule has 0 aliphatic carbocycles. The molecule has 4 rings (SSSR count). The summed E-state index contributed by atoms with van der Waals surface area (Å²) in [5, 5.41) is 0. The number of aromatic nitrogens is 2. The second kappa shape index (κ2) is 6.43. The van der Waals surface area contributed by atoms with Gasteiger partial charge in [0.05, 0.1) is 18.6 Å². The van der Waals surface area contributed by atoms with Crippen molar-refractivity contribution in [1.29, 1.82) is 0 Å². The molecule has 0 radical (unpaired) electrons. The minimum Gasteiger partial charge on any atom is -0.377 e. The average molecular weight is 316 g/mol. The molecule has 4 heterocycles. The second-order valence-corrected chi connectivity index (χ2v) is 6.88. The molecule has 6 heteroatoms. The van der Waals surface area contributed by atoms with Gasteiger partial charge in [0.25, 0.3) is 0 Å². The molecule has 0 unspecified atom stereocenters. The third kappa shape index (κ3) is 3.04. The summed E-state index contributed by atoms with van der Waals surface area (Å²) in [6, 6.07) is 1.84. The Hall–Kier alpha value is -1.69. The van der Waals surface area contributed by atoms with Crippen LogP contribution in [-0.4, -0.2) is 59.7 Å². The van der Waals surface area contributed by atoms with Crippen LogP contribution in [0.15, 0.2) is 18.5 Å². The van der Waals surface area contributed by atoms with Crippen molar-refractivity contribution in [2.75, 3.05) is 37.7 Å². The fourth-order valence-corrected chi connectivity index (χ4v) is 4.13. The fourth-order valence-electron chi connectivity index (χ4n) is 4.13. The fraction of sp³-hybridized carbons (Fsp3) is 0.706. The summed E-state index contributed by atoms with van der Waals surface area (Å²) in [4.78, 5) is 25.6. The van der Waals surface area contributed by atoms with Crippen molar-refractivity contribution in [3.63, 3.8) is 0 Å². The Morgan fingerprint density at radius 2 is 1.96 bits per heavy atom. The molecule has 3 saturated heterocycles. The molecule has 1 aromatic heterocycles. The van der Waals surface area contributed by atoms with Crippen LogP contribution in [0.5, 0.6) is 0 Å². The van der Waals surface area contributed by atoms with Crippen LogP contribution in [0.1, 0.15) is 25.7 Å². The van der Waals surface area contributed by atoms with Crippen molar-refractivity contribution in [3.05, 3.63) is 18.5 Å². The van der Waals surface area contributed by atoms with Crippen LogP contribution in [0.25, 0.3) is 0 Å². The van der Waals surface area contributed by atoms with E-state index in [9.17, 15) is 4.79 Å². The molecular weight excluding hydrogens is 292 g/mol. The van der Waals surface area contributed by atoms with Crippen LogP contribution in [0.2, 0.25) is 0 Å². The molecule has 0 spiro atoms. The number of piperidine rings is 1. The van der Waals surface area contributed by atoms with Crippen molar-refractivity contribution in [3.8, 4) is 0 Å². The highest BCUT2D eigenvalue weighted by Crippen LogP contribution is 2.33. The number of rotatable bonds is 2. The first-order valence-corrected chi connectivity index (χ1v) is 8.73. The third-order valence-electron chi connectivity index (χ3n) is 5.36. The van der Waals surface area contributed by atoms with Crippen LogP contribution in [0, 0.1) is 11.8 Å². The highest BCUT2D eigenvalue weighted by atomic mass is 16.5. The molecule has 1 aromatic rings. The van der Waals surface area contributed by atoms with Gasteiger partial charge in [0.15, 0.2) is 0 Å². The monoisotopic (exact) mass is 316 g/mol. The molecule has 3 aliphatic rings. The number of amides is 1. The molecule has 0 N–H and O–H groups in total.